The molecule has 0 fully saturated rings. The molecule has 1 aromatic carbocycles. The van der Waals surface area contributed by atoms with Crippen molar-refractivity contribution in [2.75, 3.05) is 0 Å². The summed E-state index contributed by atoms with van der Waals surface area (Å²) in [6.07, 6.45) is 36.1. The molecule has 0 saturated carbocycles. The fourth-order valence-corrected chi connectivity index (χ4v) is 5.49. The molecule has 0 bridgehead atoms. The highest BCUT2D eigenvalue weighted by Gasteiger charge is 2.10. The highest BCUT2D eigenvalue weighted by atomic mass is 14.2. The highest BCUT2D eigenvalue weighted by Crippen LogP contribution is 2.23. The van der Waals surface area contributed by atoms with Crippen LogP contribution in [0.4, 0.5) is 0 Å². The van der Waals surface area contributed by atoms with E-state index in [0.717, 1.165) is 5.92 Å². The lowest BCUT2D eigenvalue weighted by molar-refractivity contribution is 0.399. The van der Waals surface area contributed by atoms with Gasteiger partial charge in [-0.1, -0.05) is 198 Å². The Hall–Kier alpha value is -0.780. The first-order valence-electron chi connectivity index (χ1n) is 15.9. The van der Waals surface area contributed by atoms with E-state index in [1.165, 1.54) is 161 Å². The van der Waals surface area contributed by atoms with Crippen LogP contribution in [-0.2, 0) is 6.42 Å². The van der Waals surface area contributed by atoms with E-state index < -0.39 is 0 Å². The summed E-state index contributed by atoms with van der Waals surface area (Å²) in [5.74, 6) is 0.902. The van der Waals surface area contributed by atoms with Crippen molar-refractivity contribution >= 4 is 0 Å². The number of rotatable bonds is 26. The SMILES string of the molecule is CCCCCCCCCCCCCCC(CCCCCCCCCCCC)Cc1ccccc1. The van der Waals surface area contributed by atoms with Crippen molar-refractivity contribution in [3.63, 3.8) is 0 Å². The van der Waals surface area contributed by atoms with Crippen molar-refractivity contribution in [3.05, 3.63) is 35.9 Å². The number of hydrogen-bond donors (Lipinski definition) is 0. The lowest BCUT2D eigenvalue weighted by Gasteiger charge is -2.17. The first kappa shape index (κ1) is 31.3. The first-order valence-corrected chi connectivity index (χ1v) is 15.9. The summed E-state index contributed by atoms with van der Waals surface area (Å²) < 4.78 is 0. The fourth-order valence-electron chi connectivity index (χ4n) is 5.49. The molecule has 0 amide bonds. The predicted octanol–water partition coefficient (Wildman–Crippen LogP) is 12.2. The third-order valence-electron chi connectivity index (χ3n) is 7.80. The van der Waals surface area contributed by atoms with Crippen molar-refractivity contribution in [1.29, 1.82) is 0 Å². The van der Waals surface area contributed by atoms with Crippen LogP contribution in [0.15, 0.2) is 30.3 Å². The summed E-state index contributed by atoms with van der Waals surface area (Å²) in [6.45, 7) is 4.62. The standard InChI is InChI=1S/C34H62/c1-3-5-7-9-11-13-15-16-18-20-22-25-29-33(32-34-30-26-23-27-31-34)28-24-21-19-17-14-12-10-8-6-4-2/h23,26-27,30-31,33H,3-22,24-25,28-29,32H2,1-2H3. The summed E-state index contributed by atoms with van der Waals surface area (Å²) in [4.78, 5) is 0. The summed E-state index contributed by atoms with van der Waals surface area (Å²) >= 11 is 0. The number of unbranched alkanes of at least 4 members (excludes halogenated alkanes) is 20. The fraction of sp³-hybridized carbons (Fsp3) is 0.824. The average Bonchev–Trinajstić information content (AvgIpc) is 2.86. The molecule has 198 valence electrons. The molecule has 0 aromatic heterocycles. The molecule has 1 aromatic rings. The van der Waals surface area contributed by atoms with Gasteiger partial charge in [0.25, 0.3) is 0 Å². The maximum Gasteiger partial charge on any atom is -0.0250 e. The third-order valence-corrected chi connectivity index (χ3v) is 7.80. The molecule has 0 aliphatic carbocycles. The van der Waals surface area contributed by atoms with Crippen LogP contribution in [-0.4, -0.2) is 0 Å². The Balaban J connectivity index is 2.08. The minimum atomic E-state index is 0.902. The van der Waals surface area contributed by atoms with Gasteiger partial charge in [-0.05, 0) is 17.9 Å². The Morgan fingerprint density at radius 2 is 0.735 bits per heavy atom. The van der Waals surface area contributed by atoms with E-state index in [-0.39, 0.29) is 0 Å². The normalized spacial score (nSPS) is 12.3. The van der Waals surface area contributed by atoms with Gasteiger partial charge in [0.15, 0.2) is 0 Å². The Morgan fingerprint density at radius 1 is 0.412 bits per heavy atom. The van der Waals surface area contributed by atoms with Crippen LogP contribution in [0.2, 0.25) is 0 Å². The molecule has 1 atom stereocenters. The minimum Gasteiger partial charge on any atom is -0.0654 e. The lowest BCUT2D eigenvalue weighted by atomic mass is 9.88. The van der Waals surface area contributed by atoms with Gasteiger partial charge in [-0.15, -0.1) is 0 Å². The lowest BCUT2D eigenvalue weighted by Crippen LogP contribution is -2.05. The topological polar surface area (TPSA) is 0 Å². The van der Waals surface area contributed by atoms with E-state index in [2.05, 4.69) is 44.2 Å². The molecule has 1 unspecified atom stereocenters. The van der Waals surface area contributed by atoms with Crippen LogP contribution in [0.1, 0.15) is 174 Å². The van der Waals surface area contributed by atoms with Gasteiger partial charge in [0, 0.05) is 0 Å². The van der Waals surface area contributed by atoms with Crippen LogP contribution >= 0.6 is 0 Å². The molecule has 0 radical (unpaired) electrons. The Labute approximate surface area is 216 Å². The molecule has 34 heavy (non-hydrogen) atoms. The molecular weight excluding hydrogens is 408 g/mol. The Bertz CT molecular complexity index is 490. The van der Waals surface area contributed by atoms with Crippen molar-refractivity contribution < 1.29 is 0 Å². The van der Waals surface area contributed by atoms with Gasteiger partial charge in [0.05, 0.1) is 0 Å². The molecule has 0 N–H and O–H groups in total. The number of hydrogen-bond acceptors (Lipinski definition) is 0. The van der Waals surface area contributed by atoms with Gasteiger partial charge in [-0.25, -0.2) is 0 Å². The van der Waals surface area contributed by atoms with E-state index in [0.29, 0.717) is 0 Å². The third kappa shape index (κ3) is 20.6. The molecular formula is C34H62. The maximum absolute atomic E-state index is 2.34. The summed E-state index contributed by atoms with van der Waals surface area (Å²) in [7, 11) is 0. The number of benzene rings is 1. The zero-order valence-corrected chi connectivity index (χ0v) is 23.6. The smallest absolute Gasteiger partial charge is 0.0250 e. The summed E-state index contributed by atoms with van der Waals surface area (Å²) in [6, 6.07) is 11.3. The quantitative estimate of drug-likeness (QED) is 0.118. The minimum absolute atomic E-state index is 0.902. The maximum atomic E-state index is 2.34. The zero-order chi connectivity index (χ0) is 24.4. The predicted molar refractivity (Wildman–Crippen MR) is 156 cm³/mol. The zero-order valence-electron chi connectivity index (χ0n) is 23.6. The van der Waals surface area contributed by atoms with Crippen molar-refractivity contribution in [2.45, 2.75) is 174 Å². The van der Waals surface area contributed by atoms with Gasteiger partial charge in [0.2, 0.25) is 0 Å². The second kappa shape index (κ2) is 25.3. The second-order valence-corrected chi connectivity index (χ2v) is 11.2. The molecule has 0 heteroatoms. The summed E-state index contributed by atoms with van der Waals surface area (Å²) in [5.41, 5.74) is 1.55. The van der Waals surface area contributed by atoms with Gasteiger partial charge in [0.1, 0.15) is 0 Å². The second-order valence-electron chi connectivity index (χ2n) is 11.2. The van der Waals surface area contributed by atoms with Crippen LogP contribution in [0.25, 0.3) is 0 Å². The van der Waals surface area contributed by atoms with Crippen LogP contribution < -0.4 is 0 Å². The molecule has 0 spiro atoms. The molecule has 0 aliphatic heterocycles. The molecule has 0 aliphatic rings. The van der Waals surface area contributed by atoms with Crippen LogP contribution in [0.5, 0.6) is 0 Å². The Morgan fingerprint density at radius 3 is 1.09 bits per heavy atom. The molecule has 0 nitrogen and oxygen atoms in total. The average molecular weight is 471 g/mol. The van der Waals surface area contributed by atoms with E-state index in [1.807, 2.05) is 0 Å². The molecule has 0 saturated heterocycles. The van der Waals surface area contributed by atoms with Crippen molar-refractivity contribution in [1.82, 2.24) is 0 Å². The molecule has 0 heterocycles. The van der Waals surface area contributed by atoms with E-state index >= 15 is 0 Å². The van der Waals surface area contributed by atoms with E-state index in [9.17, 15) is 0 Å². The van der Waals surface area contributed by atoms with Gasteiger partial charge < -0.3 is 0 Å². The molecule has 1 rings (SSSR count). The Kier molecular flexibility index (Phi) is 23.3. The first-order chi connectivity index (χ1) is 16.9. The van der Waals surface area contributed by atoms with Crippen LogP contribution in [0.3, 0.4) is 0 Å². The van der Waals surface area contributed by atoms with E-state index in [4.69, 9.17) is 0 Å². The van der Waals surface area contributed by atoms with Crippen LogP contribution in [0, 0.1) is 5.92 Å². The summed E-state index contributed by atoms with van der Waals surface area (Å²) in [5, 5.41) is 0. The van der Waals surface area contributed by atoms with Crippen molar-refractivity contribution in [2.24, 2.45) is 5.92 Å². The monoisotopic (exact) mass is 470 g/mol. The largest absolute Gasteiger partial charge is 0.0654 e. The van der Waals surface area contributed by atoms with E-state index in [1.54, 1.807) is 5.56 Å². The van der Waals surface area contributed by atoms with Gasteiger partial charge in [-0.3, -0.25) is 0 Å². The van der Waals surface area contributed by atoms with Gasteiger partial charge in [-0.2, -0.15) is 0 Å². The van der Waals surface area contributed by atoms with Crippen molar-refractivity contribution in [3.8, 4) is 0 Å². The van der Waals surface area contributed by atoms with Gasteiger partial charge >= 0.3 is 0 Å². The highest BCUT2D eigenvalue weighted by molar-refractivity contribution is 5.15.